The molecule has 0 spiro atoms. The maximum absolute atomic E-state index is 6.25. The minimum Gasteiger partial charge on any atom is -0.488 e. The Morgan fingerprint density at radius 2 is 1.92 bits per heavy atom. The van der Waals surface area contributed by atoms with Crippen molar-refractivity contribution >= 4 is 0 Å². The third kappa shape index (κ3) is 2.72. The molecular formula is C21H25NO2. The Bertz CT molecular complexity index is 739. The first-order valence-corrected chi connectivity index (χ1v) is 8.87. The van der Waals surface area contributed by atoms with Crippen LogP contribution in [-0.2, 0) is 11.2 Å². The molecule has 1 heterocycles. The highest BCUT2D eigenvalue weighted by Crippen LogP contribution is 2.40. The molecule has 3 heteroatoms. The van der Waals surface area contributed by atoms with Crippen molar-refractivity contribution < 1.29 is 9.47 Å². The summed E-state index contributed by atoms with van der Waals surface area (Å²) in [6, 6.07) is 11.1. The van der Waals surface area contributed by atoms with Crippen LogP contribution >= 0.6 is 0 Å². The van der Waals surface area contributed by atoms with Gasteiger partial charge in [-0.2, -0.15) is 0 Å². The van der Waals surface area contributed by atoms with Gasteiger partial charge in [-0.25, -0.2) is 0 Å². The van der Waals surface area contributed by atoms with Crippen LogP contribution in [0.5, 0.6) is 5.75 Å². The maximum Gasteiger partial charge on any atom is 0.124 e. The summed E-state index contributed by atoms with van der Waals surface area (Å²) in [5.41, 5.74) is 14.2. The molecular weight excluding hydrogens is 298 g/mol. The highest BCUT2D eigenvalue weighted by Gasteiger charge is 2.24. The summed E-state index contributed by atoms with van der Waals surface area (Å²) in [5, 5.41) is 0. The van der Waals surface area contributed by atoms with Crippen molar-refractivity contribution in [3.05, 3.63) is 52.6 Å². The first kappa shape index (κ1) is 15.7. The number of benzene rings is 2. The van der Waals surface area contributed by atoms with Gasteiger partial charge >= 0.3 is 0 Å². The number of ether oxygens (including phenoxy) is 2. The molecule has 0 amide bonds. The molecule has 24 heavy (non-hydrogen) atoms. The van der Waals surface area contributed by atoms with Crippen LogP contribution in [0.3, 0.4) is 0 Å². The first-order chi connectivity index (χ1) is 11.6. The van der Waals surface area contributed by atoms with Gasteiger partial charge in [0.15, 0.2) is 0 Å². The van der Waals surface area contributed by atoms with Gasteiger partial charge in [0, 0.05) is 12.5 Å². The quantitative estimate of drug-likeness (QED) is 0.925. The summed E-state index contributed by atoms with van der Waals surface area (Å²) in [4.78, 5) is 0. The van der Waals surface area contributed by atoms with Crippen molar-refractivity contribution in [2.75, 3.05) is 13.2 Å². The van der Waals surface area contributed by atoms with E-state index >= 15 is 0 Å². The molecule has 2 aromatic carbocycles. The summed E-state index contributed by atoms with van der Waals surface area (Å²) in [5.74, 6) is 0.952. The van der Waals surface area contributed by atoms with Crippen LogP contribution in [-0.4, -0.2) is 19.3 Å². The topological polar surface area (TPSA) is 44.5 Å². The van der Waals surface area contributed by atoms with Crippen molar-refractivity contribution in [3.8, 4) is 16.9 Å². The van der Waals surface area contributed by atoms with E-state index in [0.29, 0.717) is 6.61 Å². The molecule has 1 fully saturated rings. The summed E-state index contributed by atoms with van der Waals surface area (Å²) in [7, 11) is 0. The van der Waals surface area contributed by atoms with Gasteiger partial charge < -0.3 is 15.2 Å². The lowest BCUT2D eigenvalue weighted by Crippen LogP contribution is -2.15. The summed E-state index contributed by atoms with van der Waals surface area (Å²) >= 11 is 0. The van der Waals surface area contributed by atoms with E-state index in [-0.39, 0.29) is 12.1 Å². The van der Waals surface area contributed by atoms with Gasteiger partial charge in [0.25, 0.3) is 0 Å². The van der Waals surface area contributed by atoms with Crippen LogP contribution in [0, 0.1) is 13.8 Å². The van der Waals surface area contributed by atoms with Crippen LogP contribution in [0.1, 0.15) is 41.1 Å². The van der Waals surface area contributed by atoms with Crippen LogP contribution in [0.4, 0.5) is 0 Å². The van der Waals surface area contributed by atoms with Gasteiger partial charge in [0.2, 0.25) is 0 Å². The lowest BCUT2D eigenvalue weighted by molar-refractivity contribution is 0.141. The fraction of sp³-hybridized carbons (Fsp3) is 0.429. The second-order valence-electron chi connectivity index (χ2n) is 7.05. The van der Waals surface area contributed by atoms with Crippen LogP contribution in [0.25, 0.3) is 11.1 Å². The van der Waals surface area contributed by atoms with E-state index in [1.165, 1.54) is 33.4 Å². The lowest BCUT2D eigenvalue weighted by atomic mass is 9.90. The van der Waals surface area contributed by atoms with Gasteiger partial charge in [-0.1, -0.05) is 18.2 Å². The molecule has 3 nitrogen and oxygen atoms in total. The SMILES string of the molecule is Cc1cc(O[C@H]2CCOC2)cc(C)c1-c1cccc2c1CC[C@H]2N. The summed E-state index contributed by atoms with van der Waals surface area (Å²) in [6.07, 6.45) is 3.29. The predicted octanol–water partition coefficient (Wildman–Crippen LogP) is 4.08. The maximum atomic E-state index is 6.25. The number of fused-ring (bicyclic) bond motifs is 1. The van der Waals surface area contributed by atoms with E-state index in [9.17, 15) is 0 Å². The Morgan fingerprint density at radius 3 is 2.62 bits per heavy atom. The number of hydrogen-bond donors (Lipinski definition) is 1. The normalized spacial score (nSPS) is 22.6. The Hall–Kier alpha value is -1.84. The van der Waals surface area contributed by atoms with Gasteiger partial charge in [0.1, 0.15) is 11.9 Å². The van der Waals surface area contributed by atoms with Gasteiger partial charge in [-0.15, -0.1) is 0 Å². The molecule has 126 valence electrons. The highest BCUT2D eigenvalue weighted by atomic mass is 16.5. The molecule has 1 aliphatic carbocycles. The van der Waals surface area contributed by atoms with E-state index in [2.05, 4.69) is 44.2 Å². The number of aryl methyl sites for hydroxylation is 2. The Labute approximate surface area is 143 Å². The van der Waals surface area contributed by atoms with E-state index in [1.54, 1.807) is 0 Å². The van der Waals surface area contributed by atoms with E-state index in [0.717, 1.165) is 31.6 Å². The van der Waals surface area contributed by atoms with E-state index in [4.69, 9.17) is 15.2 Å². The highest BCUT2D eigenvalue weighted by molar-refractivity contribution is 5.76. The largest absolute Gasteiger partial charge is 0.488 e. The van der Waals surface area contributed by atoms with Gasteiger partial charge in [0.05, 0.1) is 13.2 Å². The Morgan fingerprint density at radius 1 is 1.12 bits per heavy atom. The average molecular weight is 323 g/mol. The Kier molecular flexibility index (Phi) is 4.07. The molecule has 2 N–H and O–H groups in total. The molecule has 1 aliphatic heterocycles. The van der Waals surface area contributed by atoms with Gasteiger partial charge in [-0.05, 0) is 72.2 Å². The fourth-order valence-electron chi connectivity index (χ4n) is 4.14. The molecule has 4 rings (SSSR count). The third-order valence-corrected chi connectivity index (χ3v) is 5.28. The zero-order chi connectivity index (χ0) is 16.7. The second kappa shape index (κ2) is 6.23. The van der Waals surface area contributed by atoms with Crippen LogP contribution in [0.2, 0.25) is 0 Å². The minimum absolute atomic E-state index is 0.186. The molecule has 2 aromatic rings. The summed E-state index contributed by atoms with van der Waals surface area (Å²) in [6.45, 7) is 5.85. The molecule has 2 aliphatic rings. The standard InChI is InChI=1S/C21H25NO2/c1-13-10-16(24-15-8-9-23-12-15)11-14(2)21(13)19-5-3-4-18-17(19)6-7-20(18)22/h3-5,10-11,15,20H,6-9,12,22H2,1-2H3/t15-,20+/m0/s1. The van der Waals surface area contributed by atoms with Crippen molar-refractivity contribution in [2.24, 2.45) is 5.73 Å². The average Bonchev–Trinajstić information content (AvgIpc) is 3.18. The molecule has 0 bridgehead atoms. The minimum atomic E-state index is 0.186. The van der Waals surface area contributed by atoms with Gasteiger partial charge in [-0.3, -0.25) is 0 Å². The monoisotopic (exact) mass is 323 g/mol. The lowest BCUT2D eigenvalue weighted by Gasteiger charge is -2.18. The first-order valence-electron chi connectivity index (χ1n) is 8.87. The predicted molar refractivity (Wildman–Crippen MR) is 96.5 cm³/mol. The Balaban J connectivity index is 1.72. The molecule has 1 saturated heterocycles. The molecule has 0 unspecified atom stereocenters. The van der Waals surface area contributed by atoms with E-state index in [1.807, 2.05) is 0 Å². The van der Waals surface area contributed by atoms with Crippen molar-refractivity contribution in [1.82, 2.24) is 0 Å². The second-order valence-corrected chi connectivity index (χ2v) is 7.05. The zero-order valence-corrected chi connectivity index (χ0v) is 14.5. The molecule has 0 aromatic heterocycles. The number of nitrogens with two attached hydrogens (primary N) is 1. The molecule has 0 saturated carbocycles. The molecule has 0 radical (unpaired) electrons. The van der Waals surface area contributed by atoms with Crippen molar-refractivity contribution in [3.63, 3.8) is 0 Å². The van der Waals surface area contributed by atoms with E-state index < -0.39 is 0 Å². The summed E-state index contributed by atoms with van der Waals surface area (Å²) < 4.78 is 11.5. The zero-order valence-electron chi connectivity index (χ0n) is 14.5. The van der Waals surface area contributed by atoms with Crippen molar-refractivity contribution in [2.45, 2.75) is 45.3 Å². The van der Waals surface area contributed by atoms with Crippen LogP contribution < -0.4 is 10.5 Å². The number of hydrogen-bond acceptors (Lipinski definition) is 3. The van der Waals surface area contributed by atoms with Crippen molar-refractivity contribution in [1.29, 1.82) is 0 Å². The van der Waals surface area contributed by atoms with Crippen LogP contribution in [0.15, 0.2) is 30.3 Å². The fourth-order valence-corrected chi connectivity index (χ4v) is 4.14. The molecule has 2 atom stereocenters. The third-order valence-electron chi connectivity index (χ3n) is 5.28. The smallest absolute Gasteiger partial charge is 0.124 e. The number of rotatable bonds is 3.